The number of imidazole rings is 1. The fraction of sp³-hybridized carbons (Fsp3) is 0.400. The van der Waals surface area contributed by atoms with Gasteiger partial charge in [0, 0.05) is 38.6 Å². The molecule has 1 aromatic heterocycles. The van der Waals surface area contributed by atoms with Gasteiger partial charge in [0.2, 0.25) is 0 Å². The van der Waals surface area contributed by atoms with Gasteiger partial charge in [-0.1, -0.05) is 36.4 Å². The van der Waals surface area contributed by atoms with Crippen molar-refractivity contribution in [2.75, 3.05) is 27.3 Å². The summed E-state index contributed by atoms with van der Waals surface area (Å²) >= 11 is 0. The van der Waals surface area contributed by atoms with Gasteiger partial charge in [0.15, 0.2) is 11.5 Å². The summed E-state index contributed by atoms with van der Waals surface area (Å²) in [4.78, 5) is 6.47. The largest absolute Gasteiger partial charge is 0.493 e. The second kappa shape index (κ2) is 12.2. The Morgan fingerprint density at radius 3 is 2.66 bits per heavy atom. The topological polar surface area (TPSA) is 71.8 Å². The molecule has 0 aliphatic heterocycles. The lowest BCUT2D eigenvalue weighted by Gasteiger charge is -2.21. The maximum atomic E-state index is 10.5. The Balaban J connectivity index is 1.50. The molecule has 2 aromatic carbocycles. The Labute approximate surface area is 190 Å². The first kappa shape index (κ1) is 23.8. The molecule has 0 aliphatic rings. The molecule has 172 valence electrons. The van der Waals surface area contributed by atoms with Crippen LogP contribution in [0.2, 0.25) is 0 Å². The monoisotopic (exact) mass is 438 g/mol. The summed E-state index contributed by atoms with van der Waals surface area (Å²) < 4.78 is 13.5. The lowest BCUT2D eigenvalue weighted by atomic mass is 10.2. The number of hydrogen-bond acceptors (Lipinski definition) is 6. The number of aliphatic hydroxyl groups excluding tert-OH is 1. The highest BCUT2D eigenvalue weighted by atomic mass is 16.5. The summed E-state index contributed by atoms with van der Waals surface area (Å²) in [5, 5.41) is 13.9. The molecule has 1 atom stereocenters. The molecule has 2 N–H and O–H groups in total. The zero-order valence-corrected chi connectivity index (χ0v) is 19.2. The van der Waals surface area contributed by atoms with Gasteiger partial charge >= 0.3 is 0 Å². The number of rotatable bonds is 13. The average Bonchev–Trinajstić information content (AvgIpc) is 3.26. The van der Waals surface area contributed by atoms with Crippen LogP contribution >= 0.6 is 0 Å². The maximum absolute atomic E-state index is 10.5. The number of nitrogens with one attached hydrogen (secondary N) is 1. The first-order valence-corrected chi connectivity index (χ1v) is 11.0. The molecular formula is C25H34N4O3. The van der Waals surface area contributed by atoms with Gasteiger partial charge in [-0.2, -0.15) is 0 Å². The molecular weight excluding hydrogens is 404 g/mol. The molecule has 3 rings (SSSR count). The molecule has 32 heavy (non-hydrogen) atoms. The summed E-state index contributed by atoms with van der Waals surface area (Å²) in [6, 6.07) is 16.1. The standard InChI is InChI=1S/C25H34N4O3/c1-4-29-13-12-27-25(29)16-26-15-21-10-11-23(31-3)24(14-21)32-19-22(30)18-28(2)17-20-8-6-5-7-9-20/h5-14,22,26,30H,4,15-19H2,1-3H3. The van der Waals surface area contributed by atoms with Gasteiger partial charge in [-0.15, -0.1) is 0 Å². The number of ether oxygens (including phenoxy) is 2. The smallest absolute Gasteiger partial charge is 0.161 e. The molecule has 0 fully saturated rings. The zero-order valence-electron chi connectivity index (χ0n) is 19.2. The SMILES string of the molecule is CCn1ccnc1CNCc1ccc(OC)c(OCC(O)CN(C)Cc2ccccc2)c1. The number of aromatic nitrogens is 2. The van der Waals surface area contributed by atoms with Crippen LogP contribution in [0.1, 0.15) is 23.9 Å². The predicted molar refractivity (Wildman–Crippen MR) is 126 cm³/mol. The van der Waals surface area contributed by atoms with Gasteiger partial charge < -0.3 is 24.5 Å². The van der Waals surface area contributed by atoms with Crippen molar-refractivity contribution in [2.24, 2.45) is 0 Å². The molecule has 0 saturated carbocycles. The van der Waals surface area contributed by atoms with Crippen molar-refractivity contribution in [1.29, 1.82) is 0 Å². The van der Waals surface area contributed by atoms with Crippen LogP contribution in [-0.2, 0) is 26.2 Å². The summed E-state index contributed by atoms with van der Waals surface area (Å²) in [7, 11) is 3.61. The number of aliphatic hydroxyl groups is 1. The van der Waals surface area contributed by atoms with Crippen LogP contribution in [0.15, 0.2) is 60.9 Å². The summed E-state index contributed by atoms with van der Waals surface area (Å²) in [6.45, 7) is 5.86. The molecule has 0 aliphatic carbocycles. The molecule has 0 radical (unpaired) electrons. The van der Waals surface area contributed by atoms with Gasteiger partial charge in [-0.05, 0) is 37.2 Å². The van der Waals surface area contributed by atoms with Gasteiger partial charge in [0.1, 0.15) is 18.5 Å². The van der Waals surface area contributed by atoms with Gasteiger partial charge in [0.25, 0.3) is 0 Å². The quantitative estimate of drug-likeness (QED) is 0.427. The minimum Gasteiger partial charge on any atom is -0.493 e. The Morgan fingerprint density at radius 2 is 1.91 bits per heavy atom. The van der Waals surface area contributed by atoms with E-state index in [1.165, 1.54) is 5.56 Å². The van der Waals surface area contributed by atoms with Crippen LogP contribution in [0, 0.1) is 0 Å². The first-order chi connectivity index (χ1) is 15.6. The minimum atomic E-state index is -0.608. The highest BCUT2D eigenvalue weighted by Gasteiger charge is 2.12. The van der Waals surface area contributed by atoms with Gasteiger partial charge in [0.05, 0.1) is 13.7 Å². The van der Waals surface area contributed by atoms with E-state index in [0.29, 0.717) is 31.1 Å². The molecule has 0 spiro atoms. The third-order valence-corrected chi connectivity index (χ3v) is 5.23. The predicted octanol–water partition coefficient (Wildman–Crippen LogP) is 3.07. The van der Waals surface area contributed by atoms with Crippen LogP contribution < -0.4 is 14.8 Å². The van der Waals surface area contributed by atoms with E-state index in [1.807, 2.05) is 55.8 Å². The fourth-order valence-corrected chi connectivity index (χ4v) is 3.62. The highest BCUT2D eigenvalue weighted by molar-refractivity contribution is 5.43. The Morgan fingerprint density at radius 1 is 1.09 bits per heavy atom. The van der Waals surface area contributed by atoms with E-state index < -0.39 is 6.10 Å². The van der Waals surface area contributed by atoms with Crippen LogP contribution in [0.3, 0.4) is 0 Å². The number of nitrogens with zero attached hydrogens (tertiary/aromatic N) is 3. The van der Waals surface area contributed by atoms with Crippen LogP contribution in [0.4, 0.5) is 0 Å². The number of aryl methyl sites for hydroxylation is 1. The summed E-state index contributed by atoms with van der Waals surface area (Å²) in [5.41, 5.74) is 2.29. The number of methoxy groups -OCH3 is 1. The van der Waals surface area contributed by atoms with Crippen LogP contribution in [-0.4, -0.2) is 53.0 Å². The summed E-state index contributed by atoms with van der Waals surface area (Å²) in [6.07, 6.45) is 3.20. The van der Waals surface area contributed by atoms with E-state index >= 15 is 0 Å². The molecule has 0 saturated heterocycles. The lowest BCUT2D eigenvalue weighted by Crippen LogP contribution is -2.32. The van der Waals surface area contributed by atoms with E-state index in [4.69, 9.17) is 9.47 Å². The average molecular weight is 439 g/mol. The Hall–Kier alpha value is -2.87. The maximum Gasteiger partial charge on any atom is 0.161 e. The van der Waals surface area contributed by atoms with Crippen LogP contribution in [0.5, 0.6) is 11.5 Å². The Kier molecular flexibility index (Phi) is 9.10. The second-order valence-corrected chi connectivity index (χ2v) is 7.87. The van der Waals surface area contributed by atoms with E-state index in [2.05, 4.69) is 38.8 Å². The van der Waals surface area contributed by atoms with Crippen molar-refractivity contribution in [3.8, 4) is 11.5 Å². The third kappa shape index (κ3) is 7.09. The molecule has 1 heterocycles. The van der Waals surface area contributed by atoms with E-state index in [0.717, 1.165) is 24.5 Å². The van der Waals surface area contributed by atoms with Crippen molar-refractivity contribution < 1.29 is 14.6 Å². The van der Waals surface area contributed by atoms with Gasteiger partial charge in [-0.25, -0.2) is 4.98 Å². The lowest BCUT2D eigenvalue weighted by molar-refractivity contribution is 0.0732. The van der Waals surface area contributed by atoms with Crippen LogP contribution in [0.25, 0.3) is 0 Å². The molecule has 0 amide bonds. The molecule has 7 nitrogen and oxygen atoms in total. The first-order valence-electron chi connectivity index (χ1n) is 11.0. The highest BCUT2D eigenvalue weighted by Crippen LogP contribution is 2.28. The normalized spacial score (nSPS) is 12.2. The van der Waals surface area contributed by atoms with Crippen molar-refractivity contribution in [3.05, 3.63) is 77.9 Å². The fourth-order valence-electron chi connectivity index (χ4n) is 3.62. The van der Waals surface area contributed by atoms with Crippen molar-refractivity contribution in [2.45, 2.75) is 39.2 Å². The van der Waals surface area contributed by atoms with E-state index in [-0.39, 0.29) is 6.61 Å². The van der Waals surface area contributed by atoms with Crippen molar-refractivity contribution in [3.63, 3.8) is 0 Å². The number of hydrogen-bond donors (Lipinski definition) is 2. The van der Waals surface area contributed by atoms with Crippen molar-refractivity contribution in [1.82, 2.24) is 19.8 Å². The molecule has 7 heteroatoms. The zero-order chi connectivity index (χ0) is 22.8. The summed E-state index contributed by atoms with van der Waals surface area (Å²) in [5.74, 6) is 2.30. The second-order valence-electron chi connectivity index (χ2n) is 7.87. The minimum absolute atomic E-state index is 0.195. The van der Waals surface area contributed by atoms with Crippen molar-refractivity contribution >= 4 is 0 Å². The van der Waals surface area contributed by atoms with E-state index in [9.17, 15) is 5.11 Å². The molecule has 3 aromatic rings. The number of benzene rings is 2. The Bertz CT molecular complexity index is 945. The number of likely N-dealkylation sites (N-methyl/N-ethyl adjacent to an activating group) is 1. The van der Waals surface area contributed by atoms with E-state index in [1.54, 1.807) is 7.11 Å². The van der Waals surface area contributed by atoms with Gasteiger partial charge in [-0.3, -0.25) is 4.90 Å². The molecule has 1 unspecified atom stereocenters. The molecule has 0 bridgehead atoms. The third-order valence-electron chi connectivity index (χ3n) is 5.23.